The number of nitrogens with one attached hydrogen (secondary N) is 1. The van der Waals surface area contributed by atoms with Gasteiger partial charge in [-0.2, -0.15) is 19.7 Å². The Morgan fingerprint density at radius 1 is 1.17 bits per heavy atom. The fourth-order valence-electron chi connectivity index (χ4n) is 2.21. The molecule has 24 heavy (non-hydrogen) atoms. The summed E-state index contributed by atoms with van der Waals surface area (Å²) < 4.78 is 11.8. The van der Waals surface area contributed by atoms with Crippen molar-refractivity contribution in [1.29, 1.82) is 0 Å². The Hall–Kier alpha value is -2.87. The van der Waals surface area contributed by atoms with E-state index >= 15 is 0 Å². The van der Waals surface area contributed by atoms with E-state index in [4.69, 9.17) is 21.1 Å². The minimum atomic E-state index is -0.175. The number of carbonyl (C=O) groups excluding carboxylic acids is 1. The van der Waals surface area contributed by atoms with Crippen molar-refractivity contribution in [2.75, 3.05) is 19.5 Å². The van der Waals surface area contributed by atoms with Gasteiger partial charge < -0.3 is 14.8 Å². The molecule has 3 rings (SSSR count). The Morgan fingerprint density at radius 3 is 2.42 bits per heavy atom. The van der Waals surface area contributed by atoms with Crippen LogP contribution in [0.3, 0.4) is 0 Å². The third-order valence-corrected chi connectivity index (χ3v) is 3.51. The van der Waals surface area contributed by atoms with E-state index in [-0.39, 0.29) is 11.9 Å². The zero-order chi connectivity index (χ0) is 17.3. The summed E-state index contributed by atoms with van der Waals surface area (Å²) in [5.74, 6) is 0.721. The van der Waals surface area contributed by atoms with Crippen LogP contribution in [0.25, 0.3) is 16.9 Å². The largest absolute Gasteiger partial charge is 0.481 e. The number of aromatic nitrogens is 4. The molecule has 0 saturated carbocycles. The van der Waals surface area contributed by atoms with Crippen molar-refractivity contribution < 1.29 is 14.3 Å². The SMILES string of the molecule is COc1cc(OC)nc(-n2nc(Cl)c3ccc(NC(C)=O)cc32)n1. The second-order valence-electron chi connectivity index (χ2n) is 4.87. The molecule has 0 radical (unpaired) electrons. The van der Waals surface area contributed by atoms with Crippen LogP contribution in [0.4, 0.5) is 5.69 Å². The number of rotatable bonds is 4. The molecule has 124 valence electrons. The number of anilines is 1. The van der Waals surface area contributed by atoms with E-state index in [1.54, 1.807) is 24.3 Å². The zero-order valence-corrected chi connectivity index (χ0v) is 14.0. The van der Waals surface area contributed by atoms with Gasteiger partial charge in [-0.1, -0.05) is 11.6 Å². The van der Waals surface area contributed by atoms with Gasteiger partial charge in [-0.3, -0.25) is 4.79 Å². The highest BCUT2D eigenvalue weighted by Crippen LogP contribution is 2.28. The Labute approximate surface area is 142 Å². The average molecular weight is 348 g/mol. The summed E-state index contributed by atoms with van der Waals surface area (Å²) in [6.45, 7) is 1.44. The van der Waals surface area contributed by atoms with Crippen LogP contribution in [0, 0.1) is 0 Å². The summed E-state index contributed by atoms with van der Waals surface area (Å²) in [4.78, 5) is 19.8. The molecule has 0 bridgehead atoms. The average Bonchev–Trinajstić information content (AvgIpc) is 2.90. The van der Waals surface area contributed by atoms with Crippen molar-refractivity contribution in [3.8, 4) is 17.7 Å². The standard InChI is InChI=1S/C15H14ClN5O3/c1-8(22)17-9-4-5-10-11(6-9)21(20-14(10)16)15-18-12(23-2)7-13(19-15)24-3/h4-7H,1-3H3,(H,17,22). The highest BCUT2D eigenvalue weighted by Gasteiger charge is 2.15. The third kappa shape index (κ3) is 2.95. The summed E-state index contributed by atoms with van der Waals surface area (Å²) in [5, 5.41) is 7.98. The monoisotopic (exact) mass is 347 g/mol. The number of hydrogen-bond donors (Lipinski definition) is 1. The summed E-state index contributed by atoms with van der Waals surface area (Å²) in [7, 11) is 2.99. The van der Waals surface area contributed by atoms with Crippen LogP contribution < -0.4 is 14.8 Å². The van der Waals surface area contributed by atoms with Crippen LogP contribution in [0.5, 0.6) is 11.8 Å². The molecule has 0 atom stereocenters. The van der Waals surface area contributed by atoms with Crippen molar-refractivity contribution in [1.82, 2.24) is 19.7 Å². The zero-order valence-electron chi connectivity index (χ0n) is 13.2. The minimum Gasteiger partial charge on any atom is -0.481 e. The number of carbonyl (C=O) groups is 1. The Bertz CT molecular complexity index is 903. The van der Waals surface area contributed by atoms with Crippen molar-refractivity contribution in [3.05, 3.63) is 29.4 Å². The number of amides is 1. The van der Waals surface area contributed by atoms with Crippen molar-refractivity contribution in [3.63, 3.8) is 0 Å². The molecule has 1 aromatic carbocycles. The predicted molar refractivity (Wildman–Crippen MR) is 89.1 cm³/mol. The molecule has 1 amide bonds. The summed E-state index contributed by atoms with van der Waals surface area (Å²) in [6, 6.07) is 6.81. The van der Waals surface area contributed by atoms with Gasteiger partial charge in [0, 0.05) is 18.0 Å². The van der Waals surface area contributed by atoms with E-state index in [1.807, 2.05) is 0 Å². The van der Waals surface area contributed by atoms with Crippen LogP contribution in [0.1, 0.15) is 6.92 Å². The molecule has 0 saturated heterocycles. The summed E-state index contributed by atoms with van der Waals surface area (Å²) in [5.41, 5.74) is 1.25. The normalized spacial score (nSPS) is 10.7. The van der Waals surface area contributed by atoms with Crippen LogP contribution in [0.2, 0.25) is 5.15 Å². The first-order valence-electron chi connectivity index (χ1n) is 6.95. The fourth-order valence-corrected chi connectivity index (χ4v) is 2.44. The quantitative estimate of drug-likeness (QED) is 0.779. The lowest BCUT2D eigenvalue weighted by Gasteiger charge is -2.07. The smallest absolute Gasteiger partial charge is 0.257 e. The van der Waals surface area contributed by atoms with Crippen LogP contribution in [0.15, 0.2) is 24.3 Å². The minimum absolute atomic E-state index is 0.175. The number of benzene rings is 1. The molecule has 0 fully saturated rings. The number of ether oxygens (including phenoxy) is 2. The van der Waals surface area contributed by atoms with Gasteiger partial charge in [0.05, 0.1) is 25.8 Å². The maximum Gasteiger partial charge on any atom is 0.257 e. The highest BCUT2D eigenvalue weighted by molar-refractivity contribution is 6.34. The van der Waals surface area contributed by atoms with Gasteiger partial charge in [-0.25, -0.2) is 0 Å². The molecule has 1 N–H and O–H groups in total. The molecule has 8 nitrogen and oxygen atoms in total. The van der Waals surface area contributed by atoms with Crippen molar-refractivity contribution in [2.24, 2.45) is 0 Å². The van der Waals surface area contributed by atoms with Gasteiger partial charge >= 0.3 is 0 Å². The molecule has 2 heterocycles. The lowest BCUT2D eigenvalue weighted by molar-refractivity contribution is -0.114. The summed E-state index contributed by atoms with van der Waals surface area (Å²) in [6.07, 6.45) is 0. The van der Waals surface area contributed by atoms with Gasteiger partial charge in [-0.05, 0) is 18.2 Å². The Balaban J connectivity index is 2.20. The van der Waals surface area contributed by atoms with Gasteiger partial charge in [-0.15, -0.1) is 0 Å². The maximum absolute atomic E-state index is 11.3. The maximum atomic E-state index is 11.3. The van der Waals surface area contributed by atoms with Gasteiger partial charge in [0.15, 0.2) is 5.15 Å². The Kier molecular flexibility index (Phi) is 4.22. The molecule has 9 heteroatoms. The van der Waals surface area contributed by atoms with Gasteiger partial charge in [0.2, 0.25) is 17.7 Å². The molecule has 0 aliphatic heterocycles. The summed E-state index contributed by atoms with van der Waals surface area (Å²) >= 11 is 6.20. The van der Waals surface area contributed by atoms with E-state index in [2.05, 4.69) is 20.4 Å². The van der Waals surface area contributed by atoms with E-state index < -0.39 is 0 Å². The van der Waals surface area contributed by atoms with Crippen LogP contribution in [-0.4, -0.2) is 39.9 Å². The fraction of sp³-hybridized carbons (Fsp3) is 0.200. The number of methoxy groups -OCH3 is 2. The number of nitrogens with zero attached hydrogens (tertiary/aromatic N) is 4. The van der Waals surface area contributed by atoms with E-state index in [0.29, 0.717) is 33.5 Å². The number of hydrogen-bond acceptors (Lipinski definition) is 6. The molecular formula is C15H14ClN5O3. The molecule has 2 aromatic heterocycles. The molecule has 0 aliphatic rings. The van der Waals surface area contributed by atoms with E-state index in [9.17, 15) is 4.79 Å². The first kappa shape index (κ1) is 16.0. The van der Waals surface area contributed by atoms with Crippen molar-refractivity contribution in [2.45, 2.75) is 6.92 Å². The molecular weight excluding hydrogens is 334 g/mol. The molecule has 3 aromatic rings. The third-order valence-electron chi connectivity index (χ3n) is 3.23. The molecule has 0 spiro atoms. The first-order valence-corrected chi connectivity index (χ1v) is 7.33. The lowest BCUT2D eigenvalue weighted by Crippen LogP contribution is -2.07. The predicted octanol–water partition coefficient (Wildman–Crippen LogP) is 2.44. The number of halogens is 1. The van der Waals surface area contributed by atoms with Crippen molar-refractivity contribution >= 4 is 34.1 Å². The van der Waals surface area contributed by atoms with E-state index in [1.165, 1.54) is 25.8 Å². The van der Waals surface area contributed by atoms with Gasteiger partial charge in [0.1, 0.15) is 0 Å². The van der Waals surface area contributed by atoms with E-state index in [0.717, 1.165) is 0 Å². The first-order chi connectivity index (χ1) is 11.5. The number of fused-ring (bicyclic) bond motifs is 1. The lowest BCUT2D eigenvalue weighted by atomic mass is 10.2. The Morgan fingerprint density at radius 2 is 1.83 bits per heavy atom. The van der Waals surface area contributed by atoms with Crippen LogP contribution in [-0.2, 0) is 4.79 Å². The topological polar surface area (TPSA) is 91.2 Å². The highest BCUT2D eigenvalue weighted by atomic mass is 35.5. The second kappa shape index (κ2) is 6.32. The molecule has 0 aliphatic carbocycles. The second-order valence-corrected chi connectivity index (χ2v) is 5.23. The van der Waals surface area contributed by atoms with Gasteiger partial charge in [0.25, 0.3) is 5.95 Å². The van der Waals surface area contributed by atoms with Crippen LogP contribution >= 0.6 is 11.6 Å². The molecule has 0 unspecified atom stereocenters.